The van der Waals surface area contributed by atoms with Crippen molar-refractivity contribution in [3.63, 3.8) is 0 Å². The Hall–Kier alpha value is -5.78. The highest BCUT2D eigenvalue weighted by molar-refractivity contribution is 5.98. The molecule has 0 radical (unpaired) electrons. The quantitative estimate of drug-likeness (QED) is 0.253. The summed E-state index contributed by atoms with van der Waals surface area (Å²) in [6, 6.07) is 13.4. The number of aromatic nitrogens is 7. The van der Waals surface area contributed by atoms with Gasteiger partial charge in [-0.1, -0.05) is 19.1 Å². The smallest absolute Gasteiger partial charge is 0.278 e. The minimum atomic E-state index is -0.222. The summed E-state index contributed by atoms with van der Waals surface area (Å²) in [5.74, 6) is 0.833. The lowest BCUT2D eigenvalue weighted by Crippen LogP contribution is -2.39. The first-order valence-electron chi connectivity index (χ1n) is 14.4. The first kappa shape index (κ1) is 27.1. The monoisotopic (exact) mass is 587 g/mol. The highest BCUT2D eigenvalue weighted by Crippen LogP contribution is 2.35. The zero-order valence-electron chi connectivity index (χ0n) is 24.2. The Morgan fingerprint density at radius 3 is 2.75 bits per heavy atom. The molecule has 0 atom stereocenters. The van der Waals surface area contributed by atoms with E-state index in [1.165, 1.54) is 6.20 Å². The number of nitrogens with zero attached hydrogens (tertiary/aromatic N) is 8. The van der Waals surface area contributed by atoms with E-state index in [0.717, 1.165) is 23.1 Å². The summed E-state index contributed by atoms with van der Waals surface area (Å²) in [5.41, 5.74) is 3.95. The first-order valence-corrected chi connectivity index (χ1v) is 14.4. The zero-order chi connectivity index (χ0) is 30.2. The Kier molecular flexibility index (Phi) is 6.85. The number of anilines is 3. The highest BCUT2D eigenvalue weighted by Gasteiger charge is 2.26. The summed E-state index contributed by atoms with van der Waals surface area (Å²) >= 11 is 0. The molecule has 5 aromatic heterocycles. The van der Waals surface area contributed by atoms with E-state index in [1.807, 2.05) is 79.2 Å². The Morgan fingerprint density at radius 2 is 1.93 bits per heavy atom. The van der Waals surface area contributed by atoms with Crippen LogP contribution in [0.3, 0.4) is 0 Å². The number of nitrogens with one attached hydrogen (secondary N) is 1. The molecule has 1 aliphatic rings. The van der Waals surface area contributed by atoms with Crippen LogP contribution < -0.4 is 20.5 Å². The van der Waals surface area contributed by atoms with Gasteiger partial charge < -0.3 is 15.0 Å². The molecule has 0 aliphatic carbocycles. The number of carbonyl (C=O) groups is 1. The molecule has 1 aromatic carbocycles. The molecule has 12 heteroatoms. The molecule has 0 saturated heterocycles. The summed E-state index contributed by atoms with van der Waals surface area (Å²) in [6.45, 7) is 4.82. The van der Waals surface area contributed by atoms with Crippen LogP contribution in [0.4, 0.5) is 17.3 Å². The van der Waals surface area contributed by atoms with E-state index in [-0.39, 0.29) is 18.1 Å². The van der Waals surface area contributed by atoms with Crippen LogP contribution in [-0.4, -0.2) is 52.9 Å². The Bertz CT molecular complexity index is 2110. The lowest BCUT2D eigenvalue weighted by Gasteiger charge is -2.29. The molecular formula is C32H29N9O3. The molecule has 6 aromatic rings. The van der Waals surface area contributed by atoms with Crippen molar-refractivity contribution < 1.29 is 9.53 Å². The van der Waals surface area contributed by atoms with Crippen LogP contribution >= 0.6 is 0 Å². The van der Waals surface area contributed by atoms with Gasteiger partial charge in [-0.15, -0.1) is 0 Å². The molecule has 0 bridgehead atoms. The van der Waals surface area contributed by atoms with Gasteiger partial charge in [-0.2, -0.15) is 4.98 Å². The summed E-state index contributed by atoms with van der Waals surface area (Å²) in [7, 11) is 0. The van der Waals surface area contributed by atoms with E-state index in [2.05, 4.69) is 20.3 Å². The third kappa shape index (κ3) is 4.66. The van der Waals surface area contributed by atoms with Gasteiger partial charge in [0.15, 0.2) is 12.3 Å². The van der Waals surface area contributed by atoms with E-state index < -0.39 is 0 Å². The SMILES string of the molecule is C/C=C\Cn1c(=O)c2cnc(Nc3cnc4c(ccn4-c4cccnc4)c3)nc2n1-c1ccc2c(c1)N(CCC)C(=O)CO2. The minimum Gasteiger partial charge on any atom is -0.482 e. The fraction of sp³-hybridized carbons (Fsp3) is 0.188. The van der Waals surface area contributed by atoms with Gasteiger partial charge in [0.2, 0.25) is 5.95 Å². The molecule has 44 heavy (non-hydrogen) atoms. The van der Waals surface area contributed by atoms with Crippen molar-refractivity contribution in [3.8, 4) is 17.1 Å². The number of ether oxygens (including phenoxy) is 1. The molecule has 0 spiro atoms. The second-order valence-corrected chi connectivity index (χ2v) is 10.3. The summed E-state index contributed by atoms with van der Waals surface area (Å²) in [6.07, 6.45) is 13.3. The van der Waals surface area contributed by atoms with Gasteiger partial charge in [0, 0.05) is 30.5 Å². The standard InChI is InChI=1S/C32H29N9O3/c1-3-5-13-40-31(43)25-19-35-32(36-22-15-21-10-14-38(29(21)34-17-22)24-7-6-11-33-18-24)37-30(25)41(40)23-8-9-27-26(16-23)39(12-4-2)28(42)20-44-27/h3,5-11,14-19H,4,12-13,20H2,1-2H3,(H,35,36,37)/b5-3-. The van der Waals surface area contributed by atoms with Crippen LogP contribution in [0.1, 0.15) is 20.3 Å². The molecule has 0 saturated carbocycles. The number of carbonyl (C=O) groups excluding carboxylic acids is 1. The van der Waals surface area contributed by atoms with Crippen molar-refractivity contribution in [1.29, 1.82) is 0 Å². The highest BCUT2D eigenvalue weighted by atomic mass is 16.5. The maximum atomic E-state index is 13.6. The number of rotatable bonds is 8. The third-order valence-electron chi connectivity index (χ3n) is 7.47. The van der Waals surface area contributed by atoms with Gasteiger partial charge in [-0.25, -0.2) is 19.3 Å². The van der Waals surface area contributed by atoms with Gasteiger partial charge in [0.25, 0.3) is 11.5 Å². The van der Waals surface area contributed by atoms with Crippen molar-refractivity contribution in [2.24, 2.45) is 0 Å². The van der Waals surface area contributed by atoms with Crippen LogP contribution in [0.5, 0.6) is 5.75 Å². The van der Waals surface area contributed by atoms with Crippen molar-refractivity contribution in [1.82, 2.24) is 33.9 Å². The van der Waals surface area contributed by atoms with Crippen molar-refractivity contribution in [2.75, 3.05) is 23.4 Å². The summed E-state index contributed by atoms with van der Waals surface area (Å²) in [5, 5.41) is 4.55. The second-order valence-electron chi connectivity index (χ2n) is 10.3. The number of benzene rings is 1. The zero-order valence-corrected chi connectivity index (χ0v) is 24.2. The van der Waals surface area contributed by atoms with Gasteiger partial charge in [0.1, 0.15) is 16.8 Å². The maximum absolute atomic E-state index is 13.6. The lowest BCUT2D eigenvalue weighted by molar-refractivity contribution is -0.121. The van der Waals surface area contributed by atoms with E-state index in [4.69, 9.17) is 9.72 Å². The van der Waals surface area contributed by atoms with Crippen molar-refractivity contribution in [3.05, 3.63) is 96.0 Å². The summed E-state index contributed by atoms with van der Waals surface area (Å²) < 4.78 is 11.1. The van der Waals surface area contributed by atoms with Crippen molar-refractivity contribution >= 4 is 45.3 Å². The van der Waals surface area contributed by atoms with Crippen LogP contribution in [0.25, 0.3) is 33.4 Å². The predicted molar refractivity (Wildman–Crippen MR) is 168 cm³/mol. The third-order valence-corrected chi connectivity index (χ3v) is 7.47. The molecule has 0 fully saturated rings. The molecule has 1 amide bonds. The van der Waals surface area contributed by atoms with Crippen molar-refractivity contribution in [2.45, 2.75) is 26.8 Å². The fourth-order valence-corrected chi connectivity index (χ4v) is 5.44. The first-order chi connectivity index (χ1) is 21.6. The molecule has 7 rings (SSSR count). The summed E-state index contributed by atoms with van der Waals surface area (Å²) in [4.78, 5) is 46.1. The van der Waals surface area contributed by atoms with E-state index >= 15 is 0 Å². The molecular weight excluding hydrogens is 558 g/mol. The minimum absolute atomic E-state index is 0.00188. The number of fused-ring (bicyclic) bond motifs is 3. The lowest BCUT2D eigenvalue weighted by atomic mass is 10.2. The Labute approximate surface area is 251 Å². The molecule has 12 nitrogen and oxygen atoms in total. The average molecular weight is 588 g/mol. The largest absolute Gasteiger partial charge is 0.482 e. The predicted octanol–water partition coefficient (Wildman–Crippen LogP) is 4.77. The number of hydrogen-bond acceptors (Lipinski definition) is 8. The van der Waals surface area contributed by atoms with Crippen LogP contribution in [0, 0.1) is 0 Å². The average Bonchev–Trinajstić information content (AvgIpc) is 3.59. The number of pyridine rings is 2. The molecule has 6 heterocycles. The Morgan fingerprint density at radius 1 is 1.02 bits per heavy atom. The number of allylic oxidation sites excluding steroid dienone is 2. The van der Waals surface area contributed by atoms with Crippen LogP contribution in [0.2, 0.25) is 0 Å². The molecule has 1 aliphatic heterocycles. The second kappa shape index (κ2) is 11.1. The molecule has 0 unspecified atom stereocenters. The van der Waals surface area contributed by atoms with Crippen LogP contribution in [0.15, 0.2) is 90.4 Å². The van der Waals surface area contributed by atoms with Gasteiger partial charge in [0.05, 0.1) is 41.7 Å². The van der Waals surface area contributed by atoms with Gasteiger partial charge >= 0.3 is 0 Å². The maximum Gasteiger partial charge on any atom is 0.278 e. The Balaban J connectivity index is 1.30. The van der Waals surface area contributed by atoms with Gasteiger partial charge in [-0.05, 0) is 55.8 Å². The van der Waals surface area contributed by atoms with Gasteiger partial charge in [-0.3, -0.25) is 19.1 Å². The van der Waals surface area contributed by atoms with Crippen LogP contribution in [-0.2, 0) is 11.3 Å². The van der Waals surface area contributed by atoms with E-state index in [1.54, 1.807) is 32.9 Å². The number of amides is 1. The fourth-order valence-electron chi connectivity index (χ4n) is 5.44. The van der Waals surface area contributed by atoms with E-state index in [9.17, 15) is 9.59 Å². The normalized spacial score (nSPS) is 13.1. The topological polar surface area (TPSA) is 125 Å². The number of hydrogen-bond donors (Lipinski definition) is 1. The van der Waals surface area contributed by atoms with E-state index in [0.29, 0.717) is 52.9 Å². The molecule has 1 N–H and O–H groups in total. The molecule has 220 valence electrons.